The number of hydrogen-bond acceptors (Lipinski definition) is 3. The molecule has 174 valence electrons. The van der Waals surface area contributed by atoms with Crippen LogP contribution in [0.1, 0.15) is 30.7 Å². The Morgan fingerprint density at radius 3 is 2.33 bits per heavy atom. The molecule has 0 aliphatic carbocycles. The summed E-state index contributed by atoms with van der Waals surface area (Å²) in [5.41, 5.74) is 1.76. The van der Waals surface area contributed by atoms with E-state index in [1.54, 1.807) is 16.2 Å². The van der Waals surface area contributed by atoms with Gasteiger partial charge in [-0.15, -0.1) is 11.3 Å². The van der Waals surface area contributed by atoms with Crippen LogP contribution < -0.4 is 5.32 Å². The van der Waals surface area contributed by atoms with Crippen molar-refractivity contribution < 1.29 is 9.59 Å². The summed E-state index contributed by atoms with van der Waals surface area (Å²) < 4.78 is 0.942. The maximum atomic E-state index is 13.5. The van der Waals surface area contributed by atoms with Crippen molar-refractivity contribution in [3.63, 3.8) is 0 Å². The van der Waals surface area contributed by atoms with Crippen molar-refractivity contribution >= 4 is 44.9 Å². The van der Waals surface area contributed by atoms with Crippen LogP contribution in [0.5, 0.6) is 0 Å². The number of benzene rings is 2. The van der Waals surface area contributed by atoms with Crippen molar-refractivity contribution in [1.82, 2.24) is 9.80 Å². The van der Waals surface area contributed by atoms with Crippen molar-refractivity contribution in [3.8, 4) is 0 Å². The third kappa shape index (κ3) is 8.02. The Kier molecular flexibility index (Phi) is 9.51. The molecular weight excluding hydrogens is 498 g/mol. The Hall–Kier alpha value is -2.64. The molecule has 0 spiro atoms. The first-order valence-electron chi connectivity index (χ1n) is 11.1. The minimum Gasteiger partial charge on any atom is -0.332 e. The van der Waals surface area contributed by atoms with Gasteiger partial charge in [0.2, 0.25) is 5.91 Å². The molecule has 2 aromatic carbocycles. The van der Waals surface area contributed by atoms with Gasteiger partial charge in [-0.05, 0) is 47.2 Å². The van der Waals surface area contributed by atoms with E-state index in [1.165, 1.54) is 0 Å². The molecule has 0 fully saturated rings. The van der Waals surface area contributed by atoms with Crippen molar-refractivity contribution in [2.45, 2.75) is 33.4 Å². The van der Waals surface area contributed by atoms with Gasteiger partial charge < -0.3 is 15.1 Å². The van der Waals surface area contributed by atoms with Gasteiger partial charge in [0, 0.05) is 28.1 Å². The van der Waals surface area contributed by atoms with Gasteiger partial charge in [-0.1, -0.05) is 72.6 Å². The van der Waals surface area contributed by atoms with E-state index >= 15 is 0 Å². The lowest BCUT2D eigenvalue weighted by molar-refractivity contribution is -0.133. The normalized spacial score (nSPS) is 11.6. The van der Waals surface area contributed by atoms with Crippen LogP contribution in [0.25, 0.3) is 0 Å². The number of nitrogens with one attached hydrogen (secondary N) is 1. The molecule has 33 heavy (non-hydrogen) atoms. The van der Waals surface area contributed by atoms with E-state index in [1.807, 2.05) is 77.0 Å². The van der Waals surface area contributed by atoms with Gasteiger partial charge in [0.25, 0.3) is 0 Å². The van der Waals surface area contributed by atoms with Gasteiger partial charge in [-0.2, -0.15) is 0 Å². The molecule has 0 saturated heterocycles. The number of halogens is 1. The first kappa shape index (κ1) is 25.0. The smallest absolute Gasteiger partial charge is 0.322 e. The summed E-state index contributed by atoms with van der Waals surface area (Å²) in [5, 5.41) is 4.95. The van der Waals surface area contributed by atoms with E-state index in [9.17, 15) is 9.59 Å². The van der Waals surface area contributed by atoms with Crippen LogP contribution in [-0.2, 0) is 17.9 Å². The van der Waals surface area contributed by atoms with Crippen molar-refractivity contribution in [3.05, 3.63) is 87.0 Å². The van der Waals surface area contributed by atoms with Crippen LogP contribution in [0.2, 0.25) is 0 Å². The topological polar surface area (TPSA) is 52.7 Å². The summed E-state index contributed by atoms with van der Waals surface area (Å²) in [7, 11) is 0. The van der Waals surface area contributed by atoms with Crippen molar-refractivity contribution in [2.75, 3.05) is 18.4 Å². The summed E-state index contributed by atoms with van der Waals surface area (Å²) in [6.07, 6.45) is 0.930. The van der Waals surface area contributed by atoms with Crippen molar-refractivity contribution in [1.29, 1.82) is 0 Å². The Balaban J connectivity index is 1.75. The van der Waals surface area contributed by atoms with Gasteiger partial charge in [-0.25, -0.2) is 4.79 Å². The molecule has 3 amide bonds. The number of thiophene rings is 1. The Morgan fingerprint density at radius 1 is 0.970 bits per heavy atom. The number of anilines is 1. The largest absolute Gasteiger partial charge is 0.332 e. The maximum Gasteiger partial charge on any atom is 0.322 e. The predicted molar refractivity (Wildman–Crippen MR) is 139 cm³/mol. The second-order valence-corrected chi connectivity index (χ2v) is 10.1. The highest BCUT2D eigenvalue weighted by Crippen LogP contribution is 2.17. The lowest BCUT2D eigenvalue weighted by Crippen LogP contribution is -2.45. The fraction of sp³-hybridized carbons (Fsp3) is 0.308. The molecule has 0 aliphatic rings. The molecule has 1 heterocycles. The average Bonchev–Trinajstić information content (AvgIpc) is 3.33. The molecule has 0 saturated carbocycles. The Labute approximate surface area is 208 Å². The van der Waals surface area contributed by atoms with E-state index in [0.29, 0.717) is 25.3 Å². The number of carbonyl (C=O) groups excluding carboxylic acids is 2. The summed E-state index contributed by atoms with van der Waals surface area (Å²) in [5.74, 6) is 0.217. The molecule has 7 heteroatoms. The fourth-order valence-electron chi connectivity index (χ4n) is 3.35. The van der Waals surface area contributed by atoms with Crippen LogP contribution in [0.3, 0.4) is 0 Å². The lowest BCUT2D eigenvalue weighted by atomic mass is 10.1. The molecule has 3 aromatic rings. The van der Waals surface area contributed by atoms with Gasteiger partial charge in [-0.3, -0.25) is 4.79 Å². The Morgan fingerprint density at radius 2 is 1.70 bits per heavy atom. The van der Waals surface area contributed by atoms with E-state index in [4.69, 9.17) is 0 Å². The first-order valence-corrected chi connectivity index (χ1v) is 12.8. The number of hydrogen-bond donors (Lipinski definition) is 1. The minimum absolute atomic E-state index is 0.0326. The Bertz CT molecular complexity index is 1010. The SMILES string of the molecule is CCC(C)CN(CC(=O)N(Cc1ccccc1)Cc1cccs1)C(=O)Nc1ccc(Br)cc1. The van der Waals surface area contributed by atoms with Gasteiger partial charge in [0.1, 0.15) is 6.54 Å². The van der Waals surface area contributed by atoms with Crippen LogP contribution in [0, 0.1) is 5.92 Å². The zero-order valence-corrected chi connectivity index (χ0v) is 21.4. The second kappa shape index (κ2) is 12.6. The summed E-state index contributed by atoms with van der Waals surface area (Å²) in [6.45, 7) is 5.77. The third-order valence-corrected chi connectivity index (χ3v) is 6.82. The van der Waals surface area contributed by atoms with Gasteiger partial charge in [0.15, 0.2) is 0 Å². The number of amides is 3. The van der Waals surface area contributed by atoms with Crippen LogP contribution in [0.15, 0.2) is 76.6 Å². The lowest BCUT2D eigenvalue weighted by Gasteiger charge is -2.29. The molecule has 1 atom stereocenters. The quantitative estimate of drug-likeness (QED) is 0.322. The molecular formula is C26H30BrN3O2S. The van der Waals surface area contributed by atoms with Crippen LogP contribution in [-0.4, -0.2) is 34.8 Å². The number of rotatable bonds is 10. The zero-order valence-electron chi connectivity index (χ0n) is 19.0. The molecule has 1 N–H and O–H groups in total. The zero-order chi connectivity index (χ0) is 23.6. The summed E-state index contributed by atoms with van der Waals surface area (Å²) in [4.78, 5) is 31.2. The standard InChI is InChI=1S/C26H30BrN3O2S/c1-3-20(2)16-30(26(32)28-23-13-11-22(27)12-14-23)19-25(31)29(18-24-10-7-15-33-24)17-21-8-5-4-6-9-21/h4-15,20H,3,16-19H2,1-2H3,(H,28,32). The molecule has 1 aromatic heterocycles. The maximum absolute atomic E-state index is 13.5. The first-order chi connectivity index (χ1) is 15.9. The third-order valence-electron chi connectivity index (χ3n) is 5.43. The van der Waals surface area contributed by atoms with E-state index in [-0.39, 0.29) is 24.4 Å². The summed E-state index contributed by atoms with van der Waals surface area (Å²) in [6, 6.07) is 21.2. The van der Waals surface area contributed by atoms with E-state index in [0.717, 1.165) is 21.3 Å². The minimum atomic E-state index is -0.262. The van der Waals surface area contributed by atoms with E-state index < -0.39 is 0 Å². The highest BCUT2D eigenvalue weighted by molar-refractivity contribution is 9.10. The van der Waals surface area contributed by atoms with Gasteiger partial charge >= 0.3 is 6.03 Å². The number of carbonyl (C=O) groups is 2. The molecule has 5 nitrogen and oxygen atoms in total. The highest BCUT2D eigenvalue weighted by atomic mass is 79.9. The number of nitrogens with zero attached hydrogens (tertiary/aromatic N) is 2. The second-order valence-electron chi connectivity index (χ2n) is 8.15. The molecule has 0 bridgehead atoms. The highest BCUT2D eigenvalue weighted by Gasteiger charge is 2.23. The van der Waals surface area contributed by atoms with Crippen LogP contribution in [0.4, 0.5) is 10.5 Å². The molecule has 0 radical (unpaired) electrons. The molecule has 1 unspecified atom stereocenters. The van der Waals surface area contributed by atoms with Crippen LogP contribution >= 0.6 is 27.3 Å². The molecule has 0 aliphatic heterocycles. The average molecular weight is 529 g/mol. The number of urea groups is 1. The summed E-state index contributed by atoms with van der Waals surface area (Å²) >= 11 is 5.04. The van der Waals surface area contributed by atoms with Gasteiger partial charge in [0.05, 0.1) is 6.54 Å². The molecule has 3 rings (SSSR count). The monoisotopic (exact) mass is 527 g/mol. The van der Waals surface area contributed by atoms with Crippen molar-refractivity contribution in [2.24, 2.45) is 5.92 Å². The van der Waals surface area contributed by atoms with E-state index in [2.05, 4.69) is 35.1 Å². The fourth-order valence-corrected chi connectivity index (χ4v) is 4.33. The predicted octanol–water partition coefficient (Wildman–Crippen LogP) is 6.62.